The van der Waals surface area contributed by atoms with Gasteiger partial charge in [-0.05, 0) is 29.8 Å². The zero-order chi connectivity index (χ0) is 17.1. The summed E-state index contributed by atoms with van der Waals surface area (Å²) in [5.74, 6) is -0.461. The van der Waals surface area contributed by atoms with Gasteiger partial charge in [-0.25, -0.2) is 10.5 Å². The van der Waals surface area contributed by atoms with Gasteiger partial charge in [0.25, 0.3) is 5.56 Å². The first-order valence-corrected chi connectivity index (χ1v) is 7.32. The zero-order valence-corrected chi connectivity index (χ0v) is 13.0. The summed E-state index contributed by atoms with van der Waals surface area (Å²) < 4.78 is 1.50. The van der Waals surface area contributed by atoms with E-state index in [2.05, 4.69) is 10.3 Å². The third-order valence-corrected chi connectivity index (χ3v) is 3.73. The van der Waals surface area contributed by atoms with Gasteiger partial charge in [0.05, 0.1) is 12.1 Å². The minimum absolute atomic E-state index is 0.108. The Kier molecular flexibility index (Phi) is 4.26. The highest BCUT2D eigenvalue weighted by Crippen LogP contribution is 2.24. The van der Waals surface area contributed by atoms with Crippen molar-refractivity contribution in [3.63, 3.8) is 0 Å². The molecule has 2 heterocycles. The largest absolute Gasteiger partial charge is 0.355 e. The number of hydrogen-bond donors (Lipinski definition) is 3. The molecule has 3 aromatic rings. The molecule has 24 heavy (non-hydrogen) atoms. The number of anilines is 2. The molecule has 7 nitrogen and oxygen atoms in total. The Balaban J connectivity index is 1.89. The molecule has 1 aromatic carbocycles. The third kappa shape index (κ3) is 3.11. The molecule has 0 fully saturated rings. The van der Waals surface area contributed by atoms with Gasteiger partial charge in [0.1, 0.15) is 5.65 Å². The number of amides is 1. The molecule has 0 aliphatic rings. The van der Waals surface area contributed by atoms with Gasteiger partial charge in [0.15, 0.2) is 0 Å². The summed E-state index contributed by atoms with van der Waals surface area (Å²) in [6, 6.07) is 12.4. The van der Waals surface area contributed by atoms with Crippen LogP contribution in [0.25, 0.3) is 11.0 Å². The highest BCUT2D eigenvalue weighted by molar-refractivity contribution is 5.90. The molecule has 3 rings (SSSR count). The van der Waals surface area contributed by atoms with Crippen molar-refractivity contribution in [3.05, 3.63) is 64.6 Å². The Bertz CT molecular complexity index is 948. The average molecular weight is 324 g/mol. The minimum atomic E-state index is -0.461. The maximum atomic E-state index is 11.7. The molecule has 0 spiro atoms. The summed E-state index contributed by atoms with van der Waals surface area (Å²) in [6.45, 7) is 0. The summed E-state index contributed by atoms with van der Waals surface area (Å²) in [5, 5.41) is 12.7. The fourth-order valence-electron chi connectivity index (χ4n) is 2.46. The molecule has 0 bridgehead atoms. The van der Waals surface area contributed by atoms with Crippen LogP contribution < -0.4 is 16.4 Å². The highest BCUT2D eigenvalue weighted by atomic mass is 16.5. The molecule has 3 N–H and O–H groups in total. The number of nitrogens with one attached hydrogen (secondary N) is 2. The summed E-state index contributed by atoms with van der Waals surface area (Å²) in [7, 11) is 1.68. The maximum Gasteiger partial charge on any atom is 0.251 e. The highest BCUT2D eigenvalue weighted by Gasteiger charge is 2.06. The number of rotatable bonds is 4. The predicted molar refractivity (Wildman–Crippen MR) is 90.3 cm³/mol. The number of hydrogen-bond acceptors (Lipinski definition) is 5. The second-order valence-electron chi connectivity index (χ2n) is 5.36. The maximum absolute atomic E-state index is 11.7. The number of pyridine rings is 2. The van der Waals surface area contributed by atoms with Crippen molar-refractivity contribution >= 4 is 28.3 Å². The Morgan fingerprint density at radius 1 is 1.17 bits per heavy atom. The van der Waals surface area contributed by atoms with E-state index in [1.807, 2.05) is 18.2 Å². The number of hydroxylamine groups is 1. The number of fused-ring (bicyclic) bond motifs is 1. The molecular formula is C17H16N4O3. The topological polar surface area (TPSA) is 96.2 Å². The van der Waals surface area contributed by atoms with Crippen LogP contribution in [0.5, 0.6) is 0 Å². The lowest BCUT2D eigenvalue weighted by Crippen LogP contribution is -2.20. The van der Waals surface area contributed by atoms with Crippen LogP contribution in [0.3, 0.4) is 0 Å². The molecule has 0 atom stereocenters. The van der Waals surface area contributed by atoms with E-state index in [-0.39, 0.29) is 12.0 Å². The zero-order valence-electron chi connectivity index (χ0n) is 13.0. The molecule has 0 aliphatic carbocycles. The lowest BCUT2D eigenvalue weighted by atomic mass is 10.1. The van der Waals surface area contributed by atoms with E-state index in [4.69, 9.17) is 5.21 Å². The van der Waals surface area contributed by atoms with Gasteiger partial charge >= 0.3 is 0 Å². The second kappa shape index (κ2) is 6.51. The average Bonchev–Trinajstić information content (AvgIpc) is 2.60. The van der Waals surface area contributed by atoms with Gasteiger partial charge in [-0.15, -0.1) is 0 Å². The van der Waals surface area contributed by atoms with Crippen LogP contribution in [0.4, 0.5) is 11.4 Å². The van der Waals surface area contributed by atoms with Gasteiger partial charge in [0.2, 0.25) is 5.91 Å². The molecule has 122 valence electrons. The van der Waals surface area contributed by atoms with Crippen molar-refractivity contribution in [3.8, 4) is 0 Å². The first-order chi connectivity index (χ1) is 11.6. The number of benzene rings is 1. The summed E-state index contributed by atoms with van der Waals surface area (Å²) >= 11 is 0. The summed E-state index contributed by atoms with van der Waals surface area (Å²) in [6.07, 6.45) is 1.75. The van der Waals surface area contributed by atoms with E-state index >= 15 is 0 Å². The van der Waals surface area contributed by atoms with Crippen LogP contribution in [0.1, 0.15) is 5.56 Å². The van der Waals surface area contributed by atoms with E-state index in [1.54, 1.807) is 36.9 Å². The first kappa shape index (κ1) is 15.7. The predicted octanol–water partition coefficient (Wildman–Crippen LogP) is 1.72. The monoisotopic (exact) mass is 324 g/mol. The van der Waals surface area contributed by atoms with E-state index in [0.717, 1.165) is 22.3 Å². The van der Waals surface area contributed by atoms with Gasteiger partial charge in [0, 0.05) is 30.4 Å². The normalized spacial score (nSPS) is 10.6. The molecular weight excluding hydrogens is 308 g/mol. The van der Waals surface area contributed by atoms with Crippen LogP contribution in [0.2, 0.25) is 0 Å². The number of carbonyl (C=O) groups is 1. The van der Waals surface area contributed by atoms with Crippen LogP contribution in [0.15, 0.2) is 53.5 Å². The van der Waals surface area contributed by atoms with Crippen molar-refractivity contribution in [1.82, 2.24) is 15.0 Å². The number of carbonyl (C=O) groups excluding carboxylic acids is 1. The number of aryl methyl sites for hydroxylation is 1. The SMILES string of the molecule is Cn1c(=O)ccc2c(Nc3ccc(CC(=O)NO)cc3)ccnc21. The van der Waals surface area contributed by atoms with Crippen LogP contribution in [-0.4, -0.2) is 20.7 Å². The second-order valence-corrected chi connectivity index (χ2v) is 5.36. The molecule has 2 aromatic heterocycles. The Labute approximate surface area is 137 Å². The standard InChI is InChI=1S/C17H16N4O3/c1-21-16(23)7-6-13-14(8-9-18-17(13)21)19-12-4-2-11(3-5-12)10-15(22)20-24/h2-9,24H,10H2,1H3,(H,18,19)(H,20,22). The smallest absolute Gasteiger partial charge is 0.251 e. The van der Waals surface area contributed by atoms with Crippen molar-refractivity contribution in [2.75, 3.05) is 5.32 Å². The van der Waals surface area contributed by atoms with E-state index in [0.29, 0.717) is 5.65 Å². The molecule has 0 radical (unpaired) electrons. The Hall–Kier alpha value is -3.19. The molecule has 7 heteroatoms. The fourth-order valence-corrected chi connectivity index (χ4v) is 2.46. The quantitative estimate of drug-likeness (QED) is 0.502. The lowest BCUT2D eigenvalue weighted by molar-refractivity contribution is -0.128. The van der Waals surface area contributed by atoms with E-state index in [1.165, 1.54) is 10.6 Å². The summed E-state index contributed by atoms with van der Waals surface area (Å²) in [5.41, 5.74) is 4.55. The van der Waals surface area contributed by atoms with E-state index in [9.17, 15) is 9.59 Å². The van der Waals surface area contributed by atoms with Crippen LogP contribution in [-0.2, 0) is 18.3 Å². The van der Waals surface area contributed by atoms with Crippen molar-refractivity contribution in [2.45, 2.75) is 6.42 Å². The van der Waals surface area contributed by atoms with Gasteiger partial charge in [-0.2, -0.15) is 0 Å². The van der Waals surface area contributed by atoms with E-state index < -0.39 is 5.91 Å². The third-order valence-electron chi connectivity index (χ3n) is 3.73. The van der Waals surface area contributed by atoms with Gasteiger partial charge in [-0.3, -0.25) is 19.4 Å². The van der Waals surface area contributed by atoms with Crippen LogP contribution in [0, 0.1) is 0 Å². The lowest BCUT2D eigenvalue weighted by Gasteiger charge is -2.11. The molecule has 0 aliphatic heterocycles. The van der Waals surface area contributed by atoms with Crippen molar-refractivity contribution in [1.29, 1.82) is 0 Å². The molecule has 0 unspecified atom stereocenters. The Morgan fingerprint density at radius 3 is 2.62 bits per heavy atom. The van der Waals surface area contributed by atoms with Crippen LogP contribution >= 0.6 is 0 Å². The van der Waals surface area contributed by atoms with Crippen molar-refractivity contribution in [2.24, 2.45) is 7.05 Å². The number of nitrogens with zero attached hydrogens (tertiary/aromatic N) is 2. The molecule has 0 saturated carbocycles. The summed E-state index contributed by atoms with van der Waals surface area (Å²) in [4.78, 5) is 27.1. The first-order valence-electron chi connectivity index (χ1n) is 7.32. The van der Waals surface area contributed by atoms with Crippen molar-refractivity contribution < 1.29 is 10.0 Å². The minimum Gasteiger partial charge on any atom is -0.355 e. The Morgan fingerprint density at radius 2 is 1.92 bits per heavy atom. The van der Waals surface area contributed by atoms with Gasteiger partial charge in [-0.1, -0.05) is 12.1 Å². The fraction of sp³-hybridized carbons (Fsp3) is 0.118. The van der Waals surface area contributed by atoms with Gasteiger partial charge < -0.3 is 5.32 Å². The molecule has 1 amide bonds. The molecule has 0 saturated heterocycles. The number of aromatic nitrogens is 2.